The average Bonchev–Trinajstić information content (AvgIpc) is 2.84. The standard InChI is InChI=1S/C14H17N3O2S/c1-4-19-14(18)11-13(20-12(17-11)9(2)3)16-10-6-5-7-15-8-10/h5-9,16H,4H2,1-3H3. The van der Waals surface area contributed by atoms with Crippen LogP contribution in [0.2, 0.25) is 0 Å². The van der Waals surface area contributed by atoms with Crippen molar-refractivity contribution in [2.45, 2.75) is 26.7 Å². The second-order valence-corrected chi connectivity index (χ2v) is 5.50. The molecule has 1 N–H and O–H groups in total. The third kappa shape index (κ3) is 3.33. The Hall–Kier alpha value is -1.95. The molecule has 0 spiro atoms. The first-order valence-corrected chi connectivity index (χ1v) is 7.28. The molecule has 2 heterocycles. The Kier molecular flexibility index (Phi) is 4.68. The molecule has 6 heteroatoms. The molecule has 0 saturated carbocycles. The Morgan fingerprint density at radius 3 is 2.90 bits per heavy atom. The Morgan fingerprint density at radius 1 is 1.50 bits per heavy atom. The number of aromatic nitrogens is 2. The van der Waals surface area contributed by atoms with Gasteiger partial charge in [-0.1, -0.05) is 13.8 Å². The van der Waals surface area contributed by atoms with Crippen molar-refractivity contribution in [1.29, 1.82) is 0 Å². The number of thiazole rings is 1. The Morgan fingerprint density at radius 2 is 2.30 bits per heavy atom. The van der Waals surface area contributed by atoms with Gasteiger partial charge in [0.2, 0.25) is 0 Å². The molecule has 0 amide bonds. The van der Waals surface area contributed by atoms with E-state index in [0.717, 1.165) is 10.7 Å². The fourth-order valence-corrected chi connectivity index (χ4v) is 2.55. The predicted octanol–water partition coefficient (Wildman–Crippen LogP) is 3.58. The van der Waals surface area contributed by atoms with Crippen LogP contribution < -0.4 is 5.32 Å². The molecular formula is C14H17N3O2S. The van der Waals surface area contributed by atoms with Gasteiger partial charge in [-0.3, -0.25) is 4.98 Å². The number of anilines is 2. The molecule has 5 nitrogen and oxygen atoms in total. The maximum atomic E-state index is 12.0. The molecule has 0 radical (unpaired) electrons. The lowest BCUT2D eigenvalue weighted by Gasteiger charge is -2.04. The van der Waals surface area contributed by atoms with Crippen molar-refractivity contribution < 1.29 is 9.53 Å². The van der Waals surface area contributed by atoms with Gasteiger partial charge in [0.15, 0.2) is 5.69 Å². The number of pyridine rings is 1. The average molecular weight is 291 g/mol. The number of nitrogens with one attached hydrogen (secondary N) is 1. The summed E-state index contributed by atoms with van der Waals surface area (Å²) in [5.41, 5.74) is 1.15. The summed E-state index contributed by atoms with van der Waals surface area (Å²) in [5, 5.41) is 4.78. The fraction of sp³-hybridized carbons (Fsp3) is 0.357. The van der Waals surface area contributed by atoms with Crippen molar-refractivity contribution in [3.8, 4) is 0 Å². The molecule has 0 saturated heterocycles. The minimum Gasteiger partial charge on any atom is -0.461 e. The van der Waals surface area contributed by atoms with Crippen LogP contribution in [0.25, 0.3) is 0 Å². The molecule has 2 rings (SSSR count). The van der Waals surface area contributed by atoms with Gasteiger partial charge < -0.3 is 10.1 Å². The molecule has 0 unspecified atom stereocenters. The minimum absolute atomic E-state index is 0.262. The van der Waals surface area contributed by atoms with E-state index >= 15 is 0 Å². The van der Waals surface area contributed by atoms with Gasteiger partial charge in [-0.25, -0.2) is 9.78 Å². The first-order valence-electron chi connectivity index (χ1n) is 6.46. The largest absolute Gasteiger partial charge is 0.461 e. The van der Waals surface area contributed by atoms with E-state index < -0.39 is 5.97 Å². The van der Waals surface area contributed by atoms with E-state index in [9.17, 15) is 4.79 Å². The number of ether oxygens (including phenoxy) is 1. The Bertz CT molecular complexity index is 581. The Labute approximate surface area is 122 Å². The highest BCUT2D eigenvalue weighted by Crippen LogP contribution is 2.32. The summed E-state index contributed by atoms with van der Waals surface area (Å²) >= 11 is 1.47. The second kappa shape index (κ2) is 6.47. The maximum Gasteiger partial charge on any atom is 0.360 e. The van der Waals surface area contributed by atoms with Crippen LogP contribution in [0, 0.1) is 0 Å². The quantitative estimate of drug-likeness (QED) is 0.853. The number of esters is 1. The predicted molar refractivity (Wildman–Crippen MR) is 79.7 cm³/mol. The van der Waals surface area contributed by atoms with Gasteiger partial charge >= 0.3 is 5.97 Å². The zero-order valence-electron chi connectivity index (χ0n) is 11.7. The van der Waals surface area contributed by atoms with Crippen molar-refractivity contribution in [1.82, 2.24) is 9.97 Å². The number of hydrogen-bond donors (Lipinski definition) is 1. The number of carbonyl (C=O) groups is 1. The zero-order chi connectivity index (χ0) is 14.5. The number of rotatable bonds is 5. The lowest BCUT2D eigenvalue weighted by molar-refractivity contribution is 0.0521. The summed E-state index contributed by atoms with van der Waals surface area (Å²) in [7, 11) is 0. The van der Waals surface area contributed by atoms with Gasteiger partial charge in [-0.05, 0) is 19.1 Å². The SMILES string of the molecule is CCOC(=O)c1nc(C(C)C)sc1Nc1cccnc1. The molecule has 106 valence electrons. The van der Waals surface area contributed by atoms with Gasteiger partial charge in [0.25, 0.3) is 0 Å². The van der Waals surface area contributed by atoms with Crippen LogP contribution in [0.3, 0.4) is 0 Å². The third-order valence-electron chi connectivity index (χ3n) is 2.53. The van der Waals surface area contributed by atoms with Crippen LogP contribution in [0.1, 0.15) is 42.2 Å². The highest BCUT2D eigenvalue weighted by molar-refractivity contribution is 7.16. The summed E-state index contributed by atoms with van der Waals surface area (Å²) in [6.45, 7) is 6.20. The van der Waals surface area contributed by atoms with E-state index in [2.05, 4.69) is 15.3 Å². The fourth-order valence-electron chi connectivity index (χ4n) is 1.57. The van der Waals surface area contributed by atoms with Gasteiger partial charge in [0.05, 0.1) is 23.5 Å². The first-order chi connectivity index (χ1) is 9.61. The molecule has 0 aromatic carbocycles. The van der Waals surface area contributed by atoms with E-state index in [4.69, 9.17) is 4.74 Å². The number of carbonyl (C=O) groups excluding carboxylic acids is 1. The summed E-state index contributed by atoms with van der Waals surface area (Å²) in [6, 6.07) is 3.72. The molecule has 0 bridgehead atoms. The van der Waals surface area contributed by atoms with Crippen LogP contribution in [0.4, 0.5) is 10.7 Å². The lowest BCUT2D eigenvalue weighted by Crippen LogP contribution is -2.07. The van der Waals surface area contributed by atoms with Crippen molar-refractivity contribution in [3.05, 3.63) is 35.2 Å². The van der Waals surface area contributed by atoms with Crippen molar-refractivity contribution in [2.24, 2.45) is 0 Å². The molecule has 0 fully saturated rings. The number of nitrogens with zero attached hydrogens (tertiary/aromatic N) is 2. The molecule has 0 aliphatic carbocycles. The molecule has 2 aromatic rings. The molecule has 0 aliphatic heterocycles. The van der Waals surface area contributed by atoms with Gasteiger partial charge in [0.1, 0.15) is 5.00 Å². The zero-order valence-corrected chi connectivity index (χ0v) is 12.5. The molecule has 2 aromatic heterocycles. The monoisotopic (exact) mass is 291 g/mol. The smallest absolute Gasteiger partial charge is 0.360 e. The summed E-state index contributed by atoms with van der Waals surface area (Å²) < 4.78 is 5.05. The van der Waals surface area contributed by atoms with E-state index in [1.54, 1.807) is 19.3 Å². The van der Waals surface area contributed by atoms with Crippen LogP contribution in [-0.4, -0.2) is 22.5 Å². The van der Waals surface area contributed by atoms with Crippen LogP contribution >= 0.6 is 11.3 Å². The molecule has 0 atom stereocenters. The van der Waals surface area contributed by atoms with E-state index in [0.29, 0.717) is 17.3 Å². The van der Waals surface area contributed by atoms with E-state index in [-0.39, 0.29) is 5.92 Å². The molecular weight excluding hydrogens is 274 g/mol. The van der Waals surface area contributed by atoms with Crippen LogP contribution in [0.15, 0.2) is 24.5 Å². The van der Waals surface area contributed by atoms with Crippen molar-refractivity contribution in [3.63, 3.8) is 0 Å². The highest BCUT2D eigenvalue weighted by atomic mass is 32.1. The number of hydrogen-bond acceptors (Lipinski definition) is 6. The van der Waals surface area contributed by atoms with Gasteiger partial charge in [-0.15, -0.1) is 11.3 Å². The van der Waals surface area contributed by atoms with E-state index in [1.165, 1.54) is 11.3 Å². The minimum atomic E-state index is -0.401. The van der Waals surface area contributed by atoms with Crippen LogP contribution in [0.5, 0.6) is 0 Å². The van der Waals surface area contributed by atoms with Crippen molar-refractivity contribution >= 4 is 28.0 Å². The van der Waals surface area contributed by atoms with E-state index in [1.807, 2.05) is 26.0 Å². The second-order valence-electron chi connectivity index (χ2n) is 4.47. The first kappa shape index (κ1) is 14.5. The summed E-state index contributed by atoms with van der Waals surface area (Å²) in [6.07, 6.45) is 3.40. The van der Waals surface area contributed by atoms with Crippen LogP contribution in [-0.2, 0) is 4.74 Å². The van der Waals surface area contributed by atoms with Gasteiger partial charge in [-0.2, -0.15) is 0 Å². The maximum absolute atomic E-state index is 12.0. The topological polar surface area (TPSA) is 64.1 Å². The normalized spacial score (nSPS) is 10.6. The third-order valence-corrected chi connectivity index (χ3v) is 3.80. The molecule has 0 aliphatic rings. The lowest BCUT2D eigenvalue weighted by atomic mass is 10.2. The molecule has 20 heavy (non-hydrogen) atoms. The van der Waals surface area contributed by atoms with Gasteiger partial charge in [0, 0.05) is 12.1 Å². The summed E-state index contributed by atoms with van der Waals surface area (Å²) in [5.74, 6) is -0.139. The Balaban J connectivity index is 2.32. The highest BCUT2D eigenvalue weighted by Gasteiger charge is 2.20. The van der Waals surface area contributed by atoms with Crippen molar-refractivity contribution in [2.75, 3.05) is 11.9 Å². The summed E-state index contributed by atoms with van der Waals surface area (Å²) in [4.78, 5) is 20.4.